The number of epoxide rings is 1. The molecular formula is C16H16O7. The number of aromatic carboxylic acids is 1. The van der Waals surface area contributed by atoms with Crippen LogP contribution >= 0.6 is 0 Å². The van der Waals surface area contributed by atoms with Gasteiger partial charge in [0.1, 0.15) is 12.7 Å². The van der Waals surface area contributed by atoms with Gasteiger partial charge < -0.3 is 19.3 Å². The lowest BCUT2D eigenvalue weighted by atomic mass is 10.0. The summed E-state index contributed by atoms with van der Waals surface area (Å²) in [5, 5.41) is 9.04. The van der Waals surface area contributed by atoms with Gasteiger partial charge in [-0.3, -0.25) is 0 Å². The predicted octanol–water partition coefficient (Wildman–Crippen LogP) is 1.21. The maximum atomic E-state index is 12.1. The molecule has 1 atom stereocenters. The Hall–Kier alpha value is -2.67. The lowest BCUT2D eigenvalue weighted by Gasteiger charge is -2.10. The first kappa shape index (κ1) is 16.7. The lowest BCUT2D eigenvalue weighted by Crippen LogP contribution is -2.14. The summed E-state index contributed by atoms with van der Waals surface area (Å²) in [7, 11) is 0. The van der Waals surface area contributed by atoms with Gasteiger partial charge in [-0.1, -0.05) is 6.58 Å². The summed E-state index contributed by atoms with van der Waals surface area (Å²) in [6, 6.07) is 4.09. The average molecular weight is 320 g/mol. The number of rotatable bonds is 8. The summed E-state index contributed by atoms with van der Waals surface area (Å²) in [6.07, 6.45) is 1.15. The van der Waals surface area contributed by atoms with Crippen molar-refractivity contribution in [1.82, 2.24) is 0 Å². The van der Waals surface area contributed by atoms with Crippen molar-refractivity contribution in [3.63, 3.8) is 0 Å². The van der Waals surface area contributed by atoms with Gasteiger partial charge in [-0.05, 0) is 23.8 Å². The molecular weight excluding hydrogens is 304 g/mol. The van der Waals surface area contributed by atoms with Crippen molar-refractivity contribution >= 4 is 17.9 Å². The maximum Gasteiger partial charge on any atom is 0.338 e. The van der Waals surface area contributed by atoms with Gasteiger partial charge in [0.05, 0.1) is 24.3 Å². The summed E-state index contributed by atoms with van der Waals surface area (Å²) in [5.41, 5.74) is 0.714. The summed E-state index contributed by atoms with van der Waals surface area (Å²) in [4.78, 5) is 34.2. The third-order valence-corrected chi connectivity index (χ3v) is 3.16. The second-order valence-corrected chi connectivity index (χ2v) is 4.85. The van der Waals surface area contributed by atoms with E-state index in [1.807, 2.05) is 0 Å². The van der Waals surface area contributed by atoms with Gasteiger partial charge in [-0.2, -0.15) is 0 Å². The number of carboxylic acids is 1. The molecule has 1 aromatic carbocycles. The van der Waals surface area contributed by atoms with Crippen LogP contribution in [0.5, 0.6) is 0 Å². The van der Waals surface area contributed by atoms with E-state index < -0.39 is 17.9 Å². The van der Waals surface area contributed by atoms with Crippen LogP contribution in [0.2, 0.25) is 0 Å². The van der Waals surface area contributed by atoms with Gasteiger partial charge in [0, 0.05) is 12.5 Å². The molecule has 1 N–H and O–H groups in total. The van der Waals surface area contributed by atoms with Crippen LogP contribution in [0.1, 0.15) is 26.3 Å². The molecule has 0 radical (unpaired) electrons. The number of hydrogen-bond acceptors (Lipinski definition) is 6. The van der Waals surface area contributed by atoms with Crippen molar-refractivity contribution in [3.8, 4) is 0 Å². The van der Waals surface area contributed by atoms with Crippen LogP contribution in [0.15, 0.2) is 30.9 Å². The van der Waals surface area contributed by atoms with E-state index >= 15 is 0 Å². The minimum absolute atomic E-state index is 0.0000577. The highest BCUT2D eigenvalue weighted by Crippen LogP contribution is 2.17. The van der Waals surface area contributed by atoms with Gasteiger partial charge in [0.25, 0.3) is 0 Å². The molecule has 2 rings (SSSR count). The molecule has 0 aliphatic carbocycles. The van der Waals surface area contributed by atoms with E-state index in [0.29, 0.717) is 12.2 Å². The number of esters is 2. The molecule has 0 amide bonds. The first-order valence-corrected chi connectivity index (χ1v) is 6.95. The molecule has 0 saturated carbocycles. The molecule has 1 fully saturated rings. The highest BCUT2D eigenvalue weighted by Gasteiger charge is 2.25. The number of carbonyl (C=O) groups is 3. The Morgan fingerprint density at radius 3 is 2.70 bits per heavy atom. The first-order valence-electron chi connectivity index (χ1n) is 6.95. The van der Waals surface area contributed by atoms with Crippen LogP contribution < -0.4 is 0 Å². The summed E-state index contributed by atoms with van der Waals surface area (Å²) in [6.45, 7) is 4.00. The van der Waals surface area contributed by atoms with Crippen molar-refractivity contribution in [3.05, 3.63) is 47.5 Å². The molecule has 0 bridgehead atoms. The smallest absolute Gasteiger partial charge is 0.338 e. The largest absolute Gasteiger partial charge is 0.478 e. The quantitative estimate of drug-likeness (QED) is 0.436. The molecule has 0 spiro atoms. The summed E-state index contributed by atoms with van der Waals surface area (Å²) in [5.74, 6) is -2.27. The molecule has 1 aromatic rings. The van der Waals surface area contributed by atoms with Crippen molar-refractivity contribution in [2.75, 3.05) is 19.8 Å². The van der Waals surface area contributed by atoms with Crippen LogP contribution in [0.4, 0.5) is 0 Å². The van der Waals surface area contributed by atoms with E-state index in [4.69, 9.17) is 19.3 Å². The molecule has 1 aliphatic rings. The van der Waals surface area contributed by atoms with Gasteiger partial charge in [-0.25, -0.2) is 14.4 Å². The fourth-order valence-corrected chi connectivity index (χ4v) is 1.86. The highest BCUT2D eigenvalue weighted by molar-refractivity contribution is 5.94. The van der Waals surface area contributed by atoms with E-state index in [-0.39, 0.29) is 36.9 Å². The van der Waals surface area contributed by atoms with Gasteiger partial charge in [-0.15, -0.1) is 0 Å². The third-order valence-electron chi connectivity index (χ3n) is 3.16. The number of hydrogen-bond donors (Lipinski definition) is 1. The van der Waals surface area contributed by atoms with Crippen LogP contribution in [-0.2, 0) is 25.4 Å². The van der Waals surface area contributed by atoms with E-state index in [1.54, 1.807) is 0 Å². The van der Waals surface area contributed by atoms with Gasteiger partial charge in [0.2, 0.25) is 0 Å². The predicted molar refractivity (Wildman–Crippen MR) is 78.3 cm³/mol. The third kappa shape index (κ3) is 4.93. The molecule has 7 heteroatoms. The van der Waals surface area contributed by atoms with Crippen molar-refractivity contribution in [2.24, 2.45) is 0 Å². The Kier molecular flexibility index (Phi) is 5.48. The standard InChI is InChI=1S/C16H16O7/c1-2-14(17)21-6-5-10-7-11(15(18)19)3-4-13(10)16(20)23-9-12-8-22-12/h2-4,7,12H,1,5-6,8-9H2,(H,18,19). The number of carbonyl (C=O) groups excluding carboxylic acids is 2. The Labute approximate surface area is 132 Å². The van der Waals surface area contributed by atoms with Crippen LogP contribution in [0.3, 0.4) is 0 Å². The molecule has 7 nitrogen and oxygen atoms in total. The second-order valence-electron chi connectivity index (χ2n) is 4.85. The van der Waals surface area contributed by atoms with Crippen LogP contribution in [-0.4, -0.2) is 48.9 Å². The van der Waals surface area contributed by atoms with Gasteiger partial charge in [0.15, 0.2) is 0 Å². The number of ether oxygens (including phenoxy) is 3. The zero-order chi connectivity index (χ0) is 16.8. The SMILES string of the molecule is C=CC(=O)OCCc1cc(C(=O)O)ccc1C(=O)OCC1CO1. The summed E-state index contributed by atoms with van der Waals surface area (Å²) < 4.78 is 14.9. The topological polar surface area (TPSA) is 102 Å². The second kappa shape index (κ2) is 7.55. The molecule has 1 unspecified atom stereocenters. The van der Waals surface area contributed by atoms with Crippen molar-refractivity contribution in [2.45, 2.75) is 12.5 Å². The molecule has 1 aliphatic heterocycles. The lowest BCUT2D eigenvalue weighted by molar-refractivity contribution is -0.137. The Bertz CT molecular complexity index is 631. The maximum absolute atomic E-state index is 12.1. The van der Waals surface area contributed by atoms with Crippen LogP contribution in [0.25, 0.3) is 0 Å². The Morgan fingerprint density at radius 1 is 1.35 bits per heavy atom. The normalized spacial score (nSPS) is 15.6. The molecule has 1 heterocycles. The highest BCUT2D eigenvalue weighted by atomic mass is 16.6. The fraction of sp³-hybridized carbons (Fsp3) is 0.312. The zero-order valence-corrected chi connectivity index (χ0v) is 12.3. The summed E-state index contributed by atoms with van der Waals surface area (Å²) >= 11 is 0. The van der Waals surface area contributed by atoms with Crippen LogP contribution in [0, 0.1) is 0 Å². The van der Waals surface area contributed by atoms with Crippen molar-refractivity contribution < 1.29 is 33.7 Å². The number of benzene rings is 1. The van der Waals surface area contributed by atoms with E-state index in [9.17, 15) is 14.4 Å². The van der Waals surface area contributed by atoms with E-state index in [0.717, 1.165) is 6.08 Å². The molecule has 1 saturated heterocycles. The average Bonchev–Trinajstić information content (AvgIpc) is 3.36. The molecule has 23 heavy (non-hydrogen) atoms. The molecule has 0 aromatic heterocycles. The zero-order valence-electron chi connectivity index (χ0n) is 12.3. The van der Waals surface area contributed by atoms with Crippen molar-refractivity contribution in [1.29, 1.82) is 0 Å². The Balaban J connectivity index is 2.10. The minimum Gasteiger partial charge on any atom is -0.478 e. The molecule has 122 valence electrons. The fourth-order valence-electron chi connectivity index (χ4n) is 1.86. The monoisotopic (exact) mass is 320 g/mol. The van der Waals surface area contributed by atoms with Gasteiger partial charge >= 0.3 is 17.9 Å². The number of carboxylic acid groups (broad SMARTS) is 1. The first-order chi connectivity index (χ1) is 11.0. The Morgan fingerprint density at radius 2 is 2.09 bits per heavy atom. The minimum atomic E-state index is -1.11. The van der Waals surface area contributed by atoms with E-state index in [1.165, 1.54) is 18.2 Å². The van der Waals surface area contributed by atoms with E-state index in [2.05, 4.69) is 6.58 Å².